The summed E-state index contributed by atoms with van der Waals surface area (Å²) >= 11 is -0.101. The van der Waals surface area contributed by atoms with E-state index in [1.807, 2.05) is 6.56 Å². The number of hydrogen-bond acceptors (Lipinski definition) is 0. The molecule has 2 unspecified atom stereocenters. The van der Waals surface area contributed by atoms with Gasteiger partial charge in [0.1, 0.15) is 0 Å². The van der Waals surface area contributed by atoms with Crippen LogP contribution in [0.5, 0.6) is 0 Å². The smallest absolute Gasteiger partial charge is 1.00 e. The average Bonchev–Trinajstić information content (AvgIpc) is 2.77. The number of hydrogen-bond donors (Lipinski definition) is 0. The fourth-order valence-corrected chi connectivity index (χ4v) is 7.96. The van der Waals surface area contributed by atoms with Crippen molar-refractivity contribution in [3.8, 4) is 0 Å². The van der Waals surface area contributed by atoms with Crippen molar-refractivity contribution in [1.82, 2.24) is 0 Å². The summed E-state index contributed by atoms with van der Waals surface area (Å²) in [6, 6.07) is 0. The molecule has 0 aromatic carbocycles. The third kappa shape index (κ3) is 5.48. The summed E-state index contributed by atoms with van der Waals surface area (Å²) in [5.74, 6) is 5.92. The molecule has 0 heterocycles. The molecule has 2 atom stereocenters. The molecule has 0 amide bonds. The predicted octanol–water partition coefficient (Wildman–Crippen LogP) is 0.384. The summed E-state index contributed by atoms with van der Waals surface area (Å²) in [6.07, 6.45) is 0. The minimum absolute atomic E-state index is 0. The van der Waals surface area contributed by atoms with E-state index in [0.717, 1.165) is 0 Å². The van der Waals surface area contributed by atoms with Crippen LogP contribution in [0.15, 0.2) is 40.0 Å². The van der Waals surface area contributed by atoms with Crippen molar-refractivity contribution >= 4 is 15.4 Å². The van der Waals surface area contributed by atoms with Gasteiger partial charge in [0, 0.05) is 0 Å². The minimum Gasteiger partial charge on any atom is -1.00 e. The van der Waals surface area contributed by atoms with Crippen LogP contribution in [0, 0.1) is 11.8 Å². The molecule has 2 rings (SSSR count). The Morgan fingerprint density at radius 2 is 0.875 bits per heavy atom. The van der Waals surface area contributed by atoms with E-state index in [1.165, 1.54) is 0 Å². The topological polar surface area (TPSA) is 0 Å². The zero-order chi connectivity index (χ0) is 17.2. The summed E-state index contributed by atoms with van der Waals surface area (Å²) in [6.45, 7) is 18.8. The molecule has 0 aromatic heterocycles. The first-order valence-electron chi connectivity index (χ1n) is 8.31. The van der Waals surface area contributed by atoms with Crippen LogP contribution in [0.4, 0.5) is 0 Å². The van der Waals surface area contributed by atoms with Gasteiger partial charge >= 0.3 is 157 Å². The fraction of sp³-hybridized carbons (Fsp3) is 0.600. The summed E-state index contributed by atoms with van der Waals surface area (Å²) in [5.41, 5.74) is 9.58. The zero-order valence-corrected chi connectivity index (χ0v) is 23.0. The van der Waals surface area contributed by atoms with Crippen LogP contribution in [-0.2, 0) is 23.2 Å². The van der Waals surface area contributed by atoms with E-state index in [-0.39, 0.29) is 24.8 Å². The molecule has 0 N–H and O–H groups in total. The average molecular weight is 507 g/mol. The fourth-order valence-electron chi connectivity index (χ4n) is 3.28. The maximum atomic E-state index is 2.41. The van der Waals surface area contributed by atoms with Crippen LogP contribution in [0.2, 0.25) is 11.5 Å². The van der Waals surface area contributed by atoms with Crippen LogP contribution in [0.25, 0.3) is 0 Å². The Hall–Kier alpha value is 0.966. The van der Waals surface area contributed by atoms with Gasteiger partial charge in [0.05, 0.1) is 0 Å². The van der Waals surface area contributed by atoms with Gasteiger partial charge in [0.25, 0.3) is 0 Å². The molecule has 0 nitrogen and oxygen atoms in total. The second kappa shape index (κ2) is 11.6. The number of halogens is 2. The molecule has 2 aliphatic carbocycles. The Balaban J connectivity index is 0. The molecular weight excluding hydrogens is 475 g/mol. The van der Waals surface area contributed by atoms with E-state index in [1.54, 1.807) is 33.4 Å². The van der Waals surface area contributed by atoms with Gasteiger partial charge in [0.2, 0.25) is 0 Å². The Bertz CT molecular complexity index is 532. The van der Waals surface area contributed by atoms with Crippen molar-refractivity contribution in [2.75, 3.05) is 0 Å². The molecule has 0 aromatic rings. The van der Waals surface area contributed by atoms with E-state index in [2.05, 4.69) is 66.9 Å². The third-order valence-corrected chi connectivity index (χ3v) is 10.8. The van der Waals surface area contributed by atoms with Crippen molar-refractivity contribution < 1.29 is 48.0 Å². The van der Waals surface area contributed by atoms with Gasteiger partial charge in [-0.3, -0.25) is 0 Å². The van der Waals surface area contributed by atoms with E-state index < -0.39 is 23.2 Å². The van der Waals surface area contributed by atoms with Crippen molar-refractivity contribution in [1.29, 1.82) is 0 Å². The molecular formula is C20H32Cl2GeZr. The van der Waals surface area contributed by atoms with Crippen LogP contribution < -0.4 is 24.8 Å². The Labute approximate surface area is 181 Å². The first-order valence-corrected chi connectivity index (χ1v) is 15.0. The molecule has 2 aliphatic rings. The minimum atomic E-state index is -0.601. The van der Waals surface area contributed by atoms with Crippen LogP contribution in [0.1, 0.15) is 55.4 Å². The van der Waals surface area contributed by atoms with Gasteiger partial charge in [-0.2, -0.15) is 0 Å². The molecule has 0 saturated carbocycles. The van der Waals surface area contributed by atoms with Gasteiger partial charge in [-0.25, -0.2) is 0 Å². The largest absolute Gasteiger partial charge is 1.00 e. The van der Waals surface area contributed by atoms with Crippen LogP contribution in [0.3, 0.4) is 0 Å². The van der Waals surface area contributed by atoms with E-state index in [9.17, 15) is 0 Å². The summed E-state index contributed by atoms with van der Waals surface area (Å²) in [7, 11) is 0. The third-order valence-electron chi connectivity index (χ3n) is 5.55. The van der Waals surface area contributed by atoms with Crippen LogP contribution in [-0.4, -0.2) is 15.4 Å². The molecule has 0 bridgehead atoms. The second-order valence-corrected chi connectivity index (χ2v) is 12.1. The molecule has 134 valence electrons. The monoisotopic (exact) mass is 506 g/mol. The first kappa shape index (κ1) is 27.2. The van der Waals surface area contributed by atoms with E-state index in [4.69, 9.17) is 0 Å². The van der Waals surface area contributed by atoms with Crippen LogP contribution >= 0.6 is 0 Å². The van der Waals surface area contributed by atoms with Gasteiger partial charge in [-0.15, -0.1) is 0 Å². The molecule has 0 spiro atoms. The van der Waals surface area contributed by atoms with Crippen molar-refractivity contribution in [3.05, 3.63) is 40.0 Å². The number of allylic oxidation sites excluding steroid dienone is 8. The van der Waals surface area contributed by atoms with E-state index >= 15 is 0 Å². The number of rotatable bonds is 2. The molecule has 0 fully saturated rings. The second-order valence-electron chi connectivity index (χ2n) is 6.76. The summed E-state index contributed by atoms with van der Waals surface area (Å²) < 4.78 is 3.64. The predicted molar refractivity (Wildman–Crippen MR) is 98.0 cm³/mol. The Kier molecular flexibility index (Phi) is 13.2. The summed E-state index contributed by atoms with van der Waals surface area (Å²) in [5, 5.41) is 0. The molecule has 24 heavy (non-hydrogen) atoms. The van der Waals surface area contributed by atoms with Gasteiger partial charge in [-0.05, 0) is 0 Å². The van der Waals surface area contributed by atoms with E-state index in [0.29, 0.717) is 27.3 Å². The Morgan fingerprint density at radius 3 is 1.04 bits per heavy atom. The standard InChI is InChI=1S/2C9H13.C2H6Ge.2ClH.Zr/c2*1-6-5-7(2)9(4)8(6)3;1-3-2;;;/h2*6H,1-4H3;1-2H3;2*1H;/q;;;;;+2/p-2. The Morgan fingerprint density at radius 1 is 0.625 bits per heavy atom. The van der Waals surface area contributed by atoms with Gasteiger partial charge in [0.15, 0.2) is 0 Å². The normalized spacial score (nSPS) is 22.9. The molecule has 0 aliphatic heterocycles. The quantitative estimate of drug-likeness (QED) is 0.475. The maximum Gasteiger partial charge on any atom is -1.00 e. The first-order chi connectivity index (χ1) is 10.2. The SMILES string of the molecule is CC1=C(C)C(C)[C]([Zr+2][C]2=C(C)C(C)=C(C)C2C)=C1C.[CH3][Ge][CH3].[Cl-].[Cl-]. The molecule has 4 heteroatoms. The summed E-state index contributed by atoms with van der Waals surface area (Å²) in [4.78, 5) is 0. The van der Waals surface area contributed by atoms with Crippen molar-refractivity contribution in [2.45, 2.75) is 66.9 Å². The van der Waals surface area contributed by atoms with Crippen molar-refractivity contribution in [2.24, 2.45) is 11.8 Å². The zero-order valence-electron chi connectivity index (χ0n) is 16.9. The maximum absolute atomic E-state index is 2.41. The van der Waals surface area contributed by atoms with Gasteiger partial charge in [-0.1, -0.05) is 0 Å². The molecule has 2 radical (unpaired) electrons. The van der Waals surface area contributed by atoms with Gasteiger partial charge < -0.3 is 24.8 Å². The molecule has 0 saturated heterocycles. The van der Waals surface area contributed by atoms with Crippen molar-refractivity contribution in [3.63, 3.8) is 0 Å².